The quantitative estimate of drug-likeness (QED) is 0.638. The van der Waals surface area contributed by atoms with Gasteiger partial charge < -0.3 is 15.8 Å². The van der Waals surface area contributed by atoms with E-state index in [0.717, 1.165) is 12.8 Å². The Kier molecular flexibility index (Phi) is 3.72. The Morgan fingerprint density at radius 3 is 2.83 bits per heavy atom. The van der Waals surface area contributed by atoms with E-state index >= 15 is 0 Å². The molecule has 3 N–H and O–H groups in total. The summed E-state index contributed by atoms with van der Waals surface area (Å²) in [5.41, 5.74) is 6.03. The SMILES string of the molecule is Nc1cccc(C(=O)OCC(=O)NC2CC2)c1Cl. The second-order valence-electron chi connectivity index (χ2n) is 4.13. The molecule has 1 fully saturated rings. The first-order valence-electron chi connectivity index (χ1n) is 5.58. The van der Waals surface area contributed by atoms with E-state index in [2.05, 4.69) is 5.32 Å². The minimum absolute atomic E-state index is 0.144. The van der Waals surface area contributed by atoms with E-state index in [9.17, 15) is 9.59 Å². The molecule has 6 heteroatoms. The van der Waals surface area contributed by atoms with Gasteiger partial charge in [-0.3, -0.25) is 4.79 Å². The van der Waals surface area contributed by atoms with Gasteiger partial charge in [0.2, 0.25) is 0 Å². The number of ether oxygens (including phenoxy) is 1. The number of benzene rings is 1. The van der Waals surface area contributed by atoms with Crippen LogP contribution in [0.4, 0.5) is 5.69 Å². The number of halogens is 1. The topological polar surface area (TPSA) is 81.4 Å². The second-order valence-corrected chi connectivity index (χ2v) is 4.50. The van der Waals surface area contributed by atoms with E-state index in [1.807, 2.05) is 0 Å². The van der Waals surface area contributed by atoms with E-state index in [1.54, 1.807) is 12.1 Å². The van der Waals surface area contributed by atoms with Crippen molar-refractivity contribution in [2.24, 2.45) is 0 Å². The summed E-state index contributed by atoms with van der Waals surface area (Å²) >= 11 is 5.87. The van der Waals surface area contributed by atoms with Crippen molar-refractivity contribution in [1.82, 2.24) is 5.32 Å². The summed E-state index contributed by atoms with van der Waals surface area (Å²) in [7, 11) is 0. The van der Waals surface area contributed by atoms with Gasteiger partial charge in [-0.25, -0.2) is 4.79 Å². The second kappa shape index (κ2) is 5.27. The van der Waals surface area contributed by atoms with E-state index in [1.165, 1.54) is 6.07 Å². The molecule has 1 aromatic carbocycles. The van der Waals surface area contributed by atoms with Crippen LogP contribution in [0.25, 0.3) is 0 Å². The highest BCUT2D eigenvalue weighted by molar-refractivity contribution is 6.36. The highest BCUT2D eigenvalue weighted by Crippen LogP contribution is 2.23. The van der Waals surface area contributed by atoms with Crippen molar-refractivity contribution >= 4 is 29.2 Å². The Hall–Kier alpha value is -1.75. The molecule has 96 valence electrons. The molecule has 0 bridgehead atoms. The van der Waals surface area contributed by atoms with E-state index in [0.29, 0.717) is 5.69 Å². The maximum Gasteiger partial charge on any atom is 0.340 e. The highest BCUT2D eigenvalue weighted by Gasteiger charge is 2.24. The van der Waals surface area contributed by atoms with Crippen LogP contribution in [0, 0.1) is 0 Å². The molecule has 0 radical (unpaired) electrons. The molecule has 5 nitrogen and oxygen atoms in total. The predicted molar refractivity (Wildman–Crippen MR) is 67.3 cm³/mol. The lowest BCUT2D eigenvalue weighted by molar-refractivity contribution is -0.124. The Labute approximate surface area is 109 Å². The fraction of sp³-hybridized carbons (Fsp3) is 0.333. The van der Waals surface area contributed by atoms with Crippen molar-refractivity contribution in [2.75, 3.05) is 12.3 Å². The lowest BCUT2D eigenvalue weighted by atomic mass is 10.2. The van der Waals surface area contributed by atoms with Crippen molar-refractivity contribution in [3.05, 3.63) is 28.8 Å². The average Bonchev–Trinajstić information content (AvgIpc) is 3.13. The normalized spacial score (nSPS) is 14.1. The maximum atomic E-state index is 11.7. The summed E-state index contributed by atoms with van der Waals surface area (Å²) in [6, 6.07) is 4.92. The Morgan fingerprint density at radius 1 is 1.44 bits per heavy atom. The molecule has 0 atom stereocenters. The number of nitrogens with two attached hydrogens (primary N) is 1. The van der Waals surface area contributed by atoms with E-state index in [4.69, 9.17) is 22.1 Å². The summed E-state index contributed by atoms with van der Waals surface area (Å²) < 4.78 is 4.86. The number of rotatable bonds is 4. The van der Waals surface area contributed by atoms with Crippen LogP contribution < -0.4 is 11.1 Å². The molecule has 1 aromatic rings. The fourth-order valence-electron chi connectivity index (χ4n) is 1.41. The van der Waals surface area contributed by atoms with Gasteiger partial charge in [-0.15, -0.1) is 0 Å². The van der Waals surface area contributed by atoms with Crippen molar-refractivity contribution in [3.8, 4) is 0 Å². The van der Waals surface area contributed by atoms with Gasteiger partial charge >= 0.3 is 5.97 Å². The molecular weight excluding hydrogens is 256 g/mol. The maximum absolute atomic E-state index is 11.7. The lowest BCUT2D eigenvalue weighted by Gasteiger charge is -2.07. The van der Waals surface area contributed by atoms with Gasteiger partial charge in [-0.2, -0.15) is 0 Å². The highest BCUT2D eigenvalue weighted by atomic mass is 35.5. The summed E-state index contributed by atoms with van der Waals surface area (Å²) in [6.07, 6.45) is 1.97. The zero-order valence-corrected chi connectivity index (χ0v) is 10.4. The van der Waals surface area contributed by atoms with Crippen molar-refractivity contribution in [1.29, 1.82) is 0 Å². The van der Waals surface area contributed by atoms with E-state index in [-0.39, 0.29) is 29.1 Å². The largest absolute Gasteiger partial charge is 0.452 e. The first-order chi connectivity index (χ1) is 8.58. The van der Waals surface area contributed by atoms with Crippen LogP contribution in [0.1, 0.15) is 23.2 Å². The Morgan fingerprint density at radius 2 is 2.17 bits per heavy atom. The lowest BCUT2D eigenvalue weighted by Crippen LogP contribution is -2.30. The predicted octanol–water partition coefficient (Wildman–Crippen LogP) is 1.36. The minimum atomic E-state index is -0.654. The summed E-state index contributed by atoms with van der Waals surface area (Å²) in [4.78, 5) is 23.0. The molecule has 0 aliphatic heterocycles. The Balaban J connectivity index is 1.90. The first-order valence-corrected chi connectivity index (χ1v) is 5.96. The van der Waals surface area contributed by atoms with Gasteiger partial charge in [0.15, 0.2) is 6.61 Å². The summed E-state index contributed by atoms with van der Waals surface area (Å²) in [5, 5.41) is 2.86. The fourth-order valence-corrected chi connectivity index (χ4v) is 1.62. The molecule has 0 unspecified atom stereocenters. The summed E-state index contributed by atoms with van der Waals surface area (Å²) in [5.74, 6) is -0.955. The van der Waals surface area contributed by atoms with Crippen molar-refractivity contribution in [2.45, 2.75) is 18.9 Å². The Bertz CT molecular complexity index is 486. The smallest absolute Gasteiger partial charge is 0.340 e. The molecule has 1 aliphatic carbocycles. The van der Waals surface area contributed by atoms with Gasteiger partial charge in [0.25, 0.3) is 5.91 Å². The standard InChI is InChI=1S/C12H13ClN2O3/c13-11-8(2-1-3-9(11)14)12(17)18-6-10(16)15-7-4-5-7/h1-3,7H,4-6,14H2,(H,15,16). The van der Waals surface area contributed by atoms with Crippen LogP contribution in [-0.2, 0) is 9.53 Å². The van der Waals surface area contributed by atoms with Crippen LogP contribution in [0.3, 0.4) is 0 Å². The van der Waals surface area contributed by atoms with Gasteiger partial charge in [0.05, 0.1) is 16.3 Å². The molecule has 0 saturated heterocycles. The van der Waals surface area contributed by atoms with Gasteiger partial charge in [0.1, 0.15) is 0 Å². The van der Waals surface area contributed by atoms with Gasteiger partial charge in [-0.1, -0.05) is 17.7 Å². The number of carbonyl (C=O) groups excluding carboxylic acids is 2. The number of esters is 1. The number of anilines is 1. The summed E-state index contributed by atoms with van der Waals surface area (Å²) in [6.45, 7) is -0.305. The molecule has 0 aromatic heterocycles. The molecule has 1 saturated carbocycles. The average molecular weight is 269 g/mol. The van der Waals surface area contributed by atoms with Crippen LogP contribution >= 0.6 is 11.6 Å². The number of carbonyl (C=O) groups is 2. The molecule has 0 spiro atoms. The van der Waals surface area contributed by atoms with Crippen molar-refractivity contribution < 1.29 is 14.3 Å². The number of amides is 1. The molecule has 1 aliphatic rings. The molecule has 1 amide bonds. The minimum Gasteiger partial charge on any atom is -0.452 e. The zero-order valence-electron chi connectivity index (χ0n) is 9.61. The van der Waals surface area contributed by atoms with Crippen LogP contribution in [0.15, 0.2) is 18.2 Å². The third-order valence-electron chi connectivity index (χ3n) is 2.53. The molecule has 2 rings (SSSR count). The molecule has 18 heavy (non-hydrogen) atoms. The van der Waals surface area contributed by atoms with Crippen molar-refractivity contribution in [3.63, 3.8) is 0 Å². The number of nitrogen functional groups attached to an aromatic ring is 1. The number of nitrogens with one attached hydrogen (secondary N) is 1. The third kappa shape index (κ3) is 3.13. The zero-order chi connectivity index (χ0) is 13.1. The molecule has 0 heterocycles. The number of hydrogen-bond donors (Lipinski definition) is 2. The van der Waals surface area contributed by atoms with Crippen LogP contribution in [0.5, 0.6) is 0 Å². The van der Waals surface area contributed by atoms with Gasteiger partial charge in [0, 0.05) is 6.04 Å². The van der Waals surface area contributed by atoms with Crippen LogP contribution in [0.2, 0.25) is 5.02 Å². The first kappa shape index (κ1) is 12.7. The van der Waals surface area contributed by atoms with E-state index < -0.39 is 5.97 Å². The third-order valence-corrected chi connectivity index (χ3v) is 2.95. The number of hydrogen-bond acceptors (Lipinski definition) is 4. The monoisotopic (exact) mass is 268 g/mol. The molecular formula is C12H13ClN2O3. The van der Waals surface area contributed by atoms with Gasteiger partial charge in [-0.05, 0) is 25.0 Å². The van der Waals surface area contributed by atoms with Crippen LogP contribution in [-0.4, -0.2) is 24.5 Å².